The number of nitrogens with zero attached hydrogens (tertiary/aromatic N) is 2. The van der Waals surface area contributed by atoms with Crippen LogP contribution in [0.2, 0.25) is 0 Å². The standard InChI is InChI=1S/C15H25N3/c1-12-9-14(11-18(12)4)16-15-8-6-5-7-13(15)10-17(2)3/h5-8,12,14,16H,9-11H2,1-4H3. The van der Waals surface area contributed by atoms with Gasteiger partial charge in [0.25, 0.3) is 0 Å². The highest BCUT2D eigenvalue weighted by molar-refractivity contribution is 5.52. The lowest BCUT2D eigenvalue weighted by Crippen LogP contribution is -2.25. The minimum Gasteiger partial charge on any atom is -0.381 e. The molecule has 0 aliphatic carbocycles. The van der Waals surface area contributed by atoms with Gasteiger partial charge in [-0.15, -0.1) is 0 Å². The summed E-state index contributed by atoms with van der Waals surface area (Å²) in [6.45, 7) is 4.42. The largest absolute Gasteiger partial charge is 0.381 e. The highest BCUT2D eigenvalue weighted by atomic mass is 15.2. The van der Waals surface area contributed by atoms with E-state index < -0.39 is 0 Å². The number of rotatable bonds is 4. The van der Waals surface area contributed by atoms with Gasteiger partial charge in [0.1, 0.15) is 0 Å². The first-order valence-electron chi connectivity index (χ1n) is 6.75. The average molecular weight is 247 g/mol. The molecular formula is C15H25N3. The van der Waals surface area contributed by atoms with Crippen molar-refractivity contribution in [1.82, 2.24) is 9.80 Å². The molecule has 1 aromatic rings. The summed E-state index contributed by atoms with van der Waals surface area (Å²) in [5.74, 6) is 0. The maximum atomic E-state index is 3.71. The second kappa shape index (κ2) is 5.72. The fourth-order valence-corrected chi connectivity index (χ4v) is 2.66. The molecule has 100 valence electrons. The van der Waals surface area contributed by atoms with E-state index in [1.165, 1.54) is 17.7 Å². The first-order valence-corrected chi connectivity index (χ1v) is 6.75. The third kappa shape index (κ3) is 3.24. The van der Waals surface area contributed by atoms with Crippen molar-refractivity contribution in [2.45, 2.75) is 32.0 Å². The van der Waals surface area contributed by atoms with E-state index in [2.05, 4.69) is 67.4 Å². The summed E-state index contributed by atoms with van der Waals surface area (Å²) in [4.78, 5) is 4.64. The van der Waals surface area contributed by atoms with Crippen molar-refractivity contribution in [3.63, 3.8) is 0 Å². The van der Waals surface area contributed by atoms with Crippen LogP contribution in [-0.4, -0.2) is 49.6 Å². The van der Waals surface area contributed by atoms with Gasteiger partial charge in [-0.25, -0.2) is 0 Å². The topological polar surface area (TPSA) is 18.5 Å². The minimum absolute atomic E-state index is 0.577. The van der Waals surface area contributed by atoms with Crippen LogP contribution in [0.1, 0.15) is 18.9 Å². The van der Waals surface area contributed by atoms with Gasteiger partial charge < -0.3 is 15.1 Å². The Balaban J connectivity index is 2.05. The summed E-state index contributed by atoms with van der Waals surface area (Å²) in [5, 5.41) is 3.71. The second-order valence-corrected chi connectivity index (χ2v) is 5.76. The lowest BCUT2D eigenvalue weighted by atomic mass is 10.1. The van der Waals surface area contributed by atoms with Crippen LogP contribution in [0, 0.1) is 0 Å². The van der Waals surface area contributed by atoms with Crippen LogP contribution in [0.3, 0.4) is 0 Å². The predicted molar refractivity (Wildman–Crippen MR) is 78.0 cm³/mol. The van der Waals surface area contributed by atoms with Gasteiger partial charge in [0, 0.05) is 30.9 Å². The highest BCUT2D eigenvalue weighted by Crippen LogP contribution is 2.22. The van der Waals surface area contributed by atoms with E-state index in [1.807, 2.05) is 0 Å². The molecule has 1 heterocycles. The van der Waals surface area contributed by atoms with Crippen molar-refractivity contribution in [2.75, 3.05) is 33.0 Å². The van der Waals surface area contributed by atoms with Crippen molar-refractivity contribution >= 4 is 5.69 Å². The molecule has 1 N–H and O–H groups in total. The fourth-order valence-electron chi connectivity index (χ4n) is 2.66. The third-order valence-corrected chi connectivity index (χ3v) is 3.75. The van der Waals surface area contributed by atoms with Crippen molar-refractivity contribution in [2.24, 2.45) is 0 Å². The molecule has 0 radical (unpaired) electrons. The number of hydrogen-bond acceptors (Lipinski definition) is 3. The van der Waals surface area contributed by atoms with Crippen LogP contribution in [0.25, 0.3) is 0 Å². The van der Waals surface area contributed by atoms with Crippen LogP contribution in [-0.2, 0) is 6.54 Å². The molecule has 0 aromatic heterocycles. The Morgan fingerprint density at radius 3 is 2.67 bits per heavy atom. The summed E-state index contributed by atoms with van der Waals surface area (Å²) >= 11 is 0. The number of benzene rings is 1. The molecule has 2 unspecified atom stereocenters. The molecule has 0 amide bonds. The van der Waals surface area contributed by atoms with Crippen molar-refractivity contribution < 1.29 is 0 Å². The quantitative estimate of drug-likeness (QED) is 0.880. The van der Waals surface area contributed by atoms with Crippen molar-refractivity contribution in [1.29, 1.82) is 0 Å². The molecule has 0 spiro atoms. The maximum absolute atomic E-state index is 3.71. The Labute approximate surface area is 111 Å². The molecule has 0 bridgehead atoms. The second-order valence-electron chi connectivity index (χ2n) is 5.76. The van der Waals surface area contributed by atoms with Crippen LogP contribution in [0.4, 0.5) is 5.69 Å². The molecule has 1 saturated heterocycles. The van der Waals surface area contributed by atoms with Gasteiger partial charge in [0.15, 0.2) is 0 Å². The van der Waals surface area contributed by atoms with Crippen LogP contribution < -0.4 is 5.32 Å². The molecule has 1 fully saturated rings. The first kappa shape index (κ1) is 13.4. The van der Waals surface area contributed by atoms with E-state index in [-0.39, 0.29) is 0 Å². The zero-order chi connectivity index (χ0) is 13.1. The lowest BCUT2D eigenvalue weighted by molar-refractivity contribution is 0.330. The lowest BCUT2D eigenvalue weighted by Gasteiger charge is -2.19. The highest BCUT2D eigenvalue weighted by Gasteiger charge is 2.26. The molecule has 3 heteroatoms. The summed E-state index contributed by atoms with van der Waals surface area (Å²) < 4.78 is 0. The summed E-state index contributed by atoms with van der Waals surface area (Å²) in [5.41, 5.74) is 2.67. The molecular weight excluding hydrogens is 222 g/mol. The van der Waals surface area contributed by atoms with Gasteiger partial charge in [-0.3, -0.25) is 0 Å². The Hall–Kier alpha value is -1.06. The summed E-state index contributed by atoms with van der Waals surface area (Å²) in [6.07, 6.45) is 1.23. The van der Waals surface area contributed by atoms with Gasteiger partial charge in [-0.2, -0.15) is 0 Å². The predicted octanol–water partition coefficient (Wildman–Crippen LogP) is 2.25. The zero-order valence-corrected chi connectivity index (χ0v) is 12.0. The minimum atomic E-state index is 0.577. The van der Waals surface area contributed by atoms with Gasteiger partial charge >= 0.3 is 0 Å². The molecule has 1 aromatic carbocycles. The van der Waals surface area contributed by atoms with Crippen molar-refractivity contribution in [3.8, 4) is 0 Å². The smallest absolute Gasteiger partial charge is 0.0403 e. The number of nitrogens with one attached hydrogen (secondary N) is 1. The molecule has 18 heavy (non-hydrogen) atoms. The third-order valence-electron chi connectivity index (χ3n) is 3.75. The molecule has 3 nitrogen and oxygen atoms in total. The van der Waals surface area contributed by atoms with Crippen LogP contribution >= 0.6 is 0 Å². The van der Waals surface area contributed by atoms with E-state index in [9.17, 15) is 0 Å². The number of likely N-dealkylation sites (tertiary alicyclic amines) is 1. The monoisotopic (exact) mass is 247 g/mol. The van der Waals surface area contributed by atoms with Gasteiger partial charge in [-0.1, -0.05) is 18.2 Å². The number of anilines is 1. The Morgan fingerprint density at radius 2 is 2.06 bits per heavy atom. The van der Waals surface area contributed by atoms with E-state index in [4.69, 9.17) is 0 Å². The first-order chi connectivity index (χ1) is 8.56. The zero-order valence-electron chi connectivity index (χ0n) is 12.0. The number of para-hydroxylation sites is 1. The SMILES string of the molecule is CC1CC(Nc2ccccc2CN(C)C)CN1C. The van der Waals surface area contributed by atoms with E-state index in [0.29, 0.717) is 12.1 Å². The van der Waals surface area contributed by atoms with Gasteiger partial charge in [0.2, 0.25) is 0 Å². The molecule has 1 aliphatic heterocycles. The van der Waals surface area contributed by atoms with Gasteiger partial charge in [0.05, 0.1) is 0 Å². The molecule has 1 aliphatic rings. The van der Waals surface area contributed by atoms with Crippen LogP contribution in [0.5, 0.6) is 0 Å². The molecule has 0 saturated carbocycles. The summed E-state index contributed by atoms with van der Waals surface area (Å²) in [6, 6.07) is 9.90. The van der Waals surface area contributed by atoms with E-state index in [0.717, 1.165) is 13.1 Å². The van der Waals surface area contributed by atoms with E-state index >= 15 is 0 Å². The number of likely N-dealkylation sites (N-methyl/N-ethyl adjacent to an activating group) is 1. The molecule has 2 rings (SSSR count). The fraction of sp³-hybridized carbons (Fsp3) is 0.600. The van der Waals surface area contributed by atoms with Crippen molar-refractivity contribution in [3.05, 3.63) is 29.8 Å². The average Bonchev–Trinajstić information content (AvgIpc) is 2.60. The normalized spacial score (nSPS) is 24.7. The maximum Gasteiger partial charge on any atom is 0.0403 e. The van der Waals surface area contributed by atoms with Gasteiger partial charge in [-0.05, 0) is 46.1 Å². The summed E-state index contributed by atoms with van der Waals surface area (Å²) in [7, 11) is 6.43. The van der Waals surface area contributed by atoms with Crippen LogP contribution in [0.15, 0.2) is 24.3 Å². The number of hydrogen-bond donors (Lipinski definition) is 1. The molecule has 2 atom stereocenters. The Bertz CT molecular complexity index is 379. The Morgan fingerprint density at radius 1 is 1.33 bits per heavy atom. The van der Waals surface area contributed by atoms with E-state index in [1.54, 1.807) is 0 Å². The Kier molecular flexibility index (Phi) is 4.25.